The molecule has 1 aliphatic rings. The van der Waals surface area contributed by atoms with Crippen molar-refractivity contribution in [1.29, 1.82) is 0 Å². The Morgan fingerprint density at radius 3 is 2.14 bits per heavy atom. The molecule has 1 saturated heterocycles. The number of nitrogens with zero attached hydrogens (tertiary/aromatic N) is 2. The van der Waals surface area contributed by atoms with E-state index in [2.05, 4.69) is 76.9 Å². The van der Waals surface area contributed by atoms with E-state index in [1.54, 1.807) is 11.8 Å². The summed E-state index contributed by atoms with van der Waals surface area (Å²) >= 11 is 1.69. The van der Waals surface area contributed by atoms with E-state index in [1.807, 2.05) is 41.3 Å². The quantitative estimate of drug-likeness (QED) is 0.246. The van der Waals surface area contributed by atoms with Crippen molar-refractivity contribution >= 4 is 23.5 Å². The Labute approximate surface area is 225 Å². The largest absolute Gasteiger partial charge is 0.322 e. The molecule has 194 valence electrons. The topological polar surface area (TPSA) is 47.6 Å². The lowest BCUT2D eigenvalue weighted by Crippen LogP contribution is -2.45. The van der Waals surface area contributed by atoms with Crippen LogP contribution in [0.4, 0.5) is 10.5 Å². The molecule has 0 radical (unpaired) electrons. The summed E-state index contributed by atoms with van der Waals surface area (Å²) in [5.74, 6) is 0.208. The highest BCUT2D eigenvalue weighted by atomic mass is 32.2. The third-order valence-corrected chi connectivity index (χ3v) is 7.53. The zero-order valence-corrected chi connectivity index (χ0v) is 22.6. The van der Waals surface area contributed by atoms with Crippen LogP contribution in [0.1, 0.15) is 23.5 Å². The van der Waals surface area contributed by atoms with Gasteiger partial charge in [0, 0.05) is 62.3 Å². The van der Waals surface area contributed by atoms with Crippen LogP contribution < -0.4 is 10.6 Å². The van der Waals surface area contributed by atoms with Crippen molar-refractivity contribution in [2.75, 3.05) is 57.4 Å². The Balaban J connectivity index is 1.49. The van der Waals surface area contributed by atoms with Gasteiger partial charge >= 0.3 is 6.03 Å². The van der Waals surface area contributed by atoms with Crippen molar-refractivity contribution < 1.29 is 4.79 Å². The first-order chi connectivity index (χ1) is 18.1. The van der Waals surface area contributed by atoms with Crippen LogP contribution in [0, 0.1) is 0 Å². The SMILES string of the molecule is C=C(CN1CCNCC1)CN(CCC(c1ccccc1)c1ccccc1)C(=O)Nc1ccc(SC)cc1. The number of rotatable bonds is 11. The molecule has 0 atom stereocenters. The minimum absolute atomic E-state index is 0.0850. The number of hydrogen-bond acceptors (Lipinski definition) is 4. The van der Waals surface area contributed by atoms with Gasteiger partial charge in [-0.05, 0) is 53.6 Å². The molecule has 2 N–H and O–H groups in total. The number of anilines is 1. The summed E-state index contributed by atoms with van der Waals surface area (Å²) in [5, 5.41) is 6.52. The number of urea groups is 1. The van der Waals surface area contributed by atoms with Crippen LogP contribution in [-0.4, -0.2) is 67.9 Å². The van der Waals surface area contributed by atoms with Crippen LogP contribution in [0.2, 0.25) is 0 Å². The molecule has 0 aromatic heterocycles. The molecule has 4 rings (SSSR count). The van der Waals surface area contributed by atoms with E-state index in [4.69, 9.17) is 0 Å². The number of thioether (sulfide) groups is 1. The van der Waals surface area contributed by atoms with Gasteiger partial charge in [-0.1, -0.05) is 67.2 Å². The van der Waals surface area contributed by atoms with Gasteiger partial charge in [0.1, 0.15) is 0 Å². The second-order valence-corrected chi connectivity index (χ2v) is 10.4. The van der Waals surface area contributed by atoms with E-state index >= 15 is 0 Å². The fourth-order valence-electron chi connectivity index (χ4n) is 4.82. The zero-order chi connectivity index (χ0) is 25.9. The van der Waals surface area contributed by atoms with Crippen molar-refractivity contribution in [2.24, 2.45) is 0 Å². The average Bonchev–Trinajstić information content (AvgIpc) is 2.94. The molecule has 0 spiro atoms. The molecular formula is C31H38N4OS. The first-order valence-corrected chi connectivity index (χ1v) is 14.2. The first kappa shape index (κ1) is 27.0. The summed E-state index contributed by atoms with van der Waals surface area (Å²) < 4.78 is 0. The van der Waals surface area contributed by atoms with Crippen molar-refractivity contribution in [1.82, 2.24) is 15.1 Å². The number of carbonyl (C=O) groups excluding carboxylic acids is 1. The fraction of sp³-hybridized carbons (Fsp3) is 0.323. The molecule has 6 heteroatoms. The van der Waals surface area contributed by atoms with Crippen molar-refractivity contribution in [2.45, 2.75) is 17.2 Å². The predicted molar refractivity (Wildman–Crippen MR) is 157 cm³/mol. The molecule has 1 fully saturated rings. The molecule has 0 saturated carbocycles. The highest BCUT2D eigenvalue weighted by Gasteiger charge is 2.21. The number of nitrogens with one attached hydrogen (secondary N) is 2. The van der Waals surface area contributed by atoms with Gasteiger partial charge in [0.2, 0.25) is 0 Å². The Kier molecular flexibility index (Phi) is 10.2. The highest BCUT2D eigenvalue weighted by Crippen LogP contribution is 2.28. The smallest absolute Gasteiger partial charge is 0.320 e. The summed E-state index contributed by atoms with van der Waals surface area (Å²) in [5.41, 5.74) is 4.40. The first-order valence-electron chi connectivity index (χ1n) is 13.0. The van der Waals surface area contributed by atoms with E-state index < -0.39 is 0 Å². The maximum atomic E-state index is 13.5. The number of hydrogen-bond donors (Lipinski definition) is 2. The van der Waals surface area contributed by atoms with Crippen LogP contribution >= 0.6 is 11.8 Å². The van der Waals surface area contributed by atoms with E-state index in [0.29, 0.717) is 13.1 Å². The lowest BCUT2D eigenvalue weighted by Gasteiger charge is -2.31. The average molecular weight is 515 g/mol. The van der Waals surface area contributed by atoms with Gasteiger partial charge in [-0.2, -0.15) is 0 Å². The predicted octanol–water partition coefficient (Wildman–Crippen LogP) is 5.93. The lowest BCUT2D eigenvalue weighted by atomic mass is 9.88. The zero-order valence-electron chi connectivity index (χ0n) is 21.7. The van der Waals surface area contributed by atoms with Crippen molar-refractivity contribution in [3.63, 3.8) is 0 Å². The normalized spacial score (nSPS) is 13.9. The van der Waals surface area contributed by atoms with Crippen LogP contribution in [0.15, 0.2) is 102 Å². The fourth-order valence-corrected chi connectivity index (χ4v) is 5.22. The Hall–Kier alpha value is -3.06. The van der Waals surface area contributed by atoms with Crippen LogP contribution in [0.5, 0.6) is 0 Å². The molecule has 1 heterocycles. The molecule has 5 nitrogen and oxygen atoms in total. The second-order valence-electron chi connectivity index (χ2n) is 9.52. The van der Waals surface area contributed by atoms with Gasteiger partial charge in [0.15, 0.2) is 0 Å². The Morgan fingerprint density at radius 1 is 0.973 bits per heavy atom. The van der Waals surface area contributed by atoms with E-state index in [0.717, 1.165) is 50.4 Å². The molecule has 3 aromatic rings. The molecule has 0 bridgehead atoms. The summed E-state index contributed by atoms with van der Waals surface area (Å²) in [4.78, 5) is 19.0. The minimum atomic E-state index is -0.0850. The summed E-state index contributed by atoms with van der Waals surface area (Å²) in [6.45, 7) is 10.4. The molecule has 2 amide bonds. The third-order valence-electron chi connectivity index (χ3n) is 6.79. The summed E-state index contributed by atoms with van der Waals surface area (Å²) in [6.07, 6.45) is 2.88. The maximum Gasteiger partial charge on any atom is 0.322 e. The van der Waals surface area contributed by atoms with Crippen LogP contribution in [-0.2, 0) is 0 Å². The van der Waals surface area contributed by atoms with Gasteiger partial charge in [-0.3, -0.25) is 4.90 Å². The molecule has 37 heavy (non-hydrogen) atoms. The Bertz CT molecular complexity index is 1080. The van der Waals surface area contributed by atoms with Gasteiger partial charge in [-0.15, -0.1) is 11.8 Å². The van der Waals surface area contributed by atoms with Gasteiger partial charge in [-0.25, -0.2) is 4.79 Å². The maximum absolute atomic E-state index is 13.5. The number of benzene rings is 3. The molecule has 0 unspecified atom stereocenters. The number of carbonyl (C=O) groups is 1. The van der Waals surface area contributed by atoms with Crippen LogP contribution in [0.25, 0.3) is 0 Å². The number of piperazine rings is 1. The summed E-state index contributed by atoms with van der Waals surface area (Å²) in [7, 11) is 0. The van der Waals surface area contributed by atoms with Gasteiger partial charge in [0.25, 0.3) is 0 Å². The highest BCUT2D eigenvalue weighted by molar-refractivity contribution is 7.98. The monoisotopic (exact) mass is 514 g/mol. The molecule has 0 aliphatic carbocycles. The van der Waals surface area contributed by atoms with Gasteiger partial charge in [0.05, 0.1) is 0 Å². The minimum Gasteiger partial charge on any atom is -0.320 e. The molecular weight excluding hydrogens is 476 g/mol. The second kappa shape index (κ2) is 14.0. The van der Waals surface area contributed by atoms with E-state index in [-0.39, 0.29) is 11.9 Å². The lowest BCUT2D eigenvalue weighted by molar-refractivity contribution is 0.210. The molecule has 3 aromatic carbocycles. The van der Waals surface area contributed by atoms with E-state index in [9.17, 15) is 4.79 Å². The van der Waals surface area contributed by atoms with Crippen molar-refractivity contribution in [3.8, 4) is 0 Å². The van der Waals surface area contributed by atoms with E-state index in [1.165, 1.54) is 16.0 Å². The van der Waals surface area contributed by atoms with Gasteiger partial charge < -0.3 is 15.5 Å². The Morgan fingerprint density at radius 2 is 1.57 bits per heavy atom. The molecule has 1 aliphatic heterocycles. The number of amides is 2. The van der Waals surface area contributed by atoms with Crippen molar-refractivity contribution in [3.05, 3.63) is 108 Å². The van der Waals surface area contributed by atoms with Crippen LogP contribution in [0.3, 0.4) is 0 Å². The summed E-state index contributed by atoms with van der Waals surface area (Å²) in [6, 6.07) is 29.1. The standard InChI is InChI=1S/C31H38N4OS/c1-25(23-34-21-18-32-19-22-34)24-35(31(36)33-28-13-15-29(37-2)16-14-28)20-17-30(26-9-5-3-6-10-26)27-11-7-4-8-12-27/h3-16,30,32H,1,17-24H2,2H3,(H,33,36). The third kappa shape index (κ3) is 8.22.